The maximum Gasteiger partial charge on any atom is 0.414 e. The van der Waals surface area contributed by atoms with E-state index in [2.05, 4.69) is 0 Å². The molecule has 1 aromatic carbocycles. The van der Waals surface area contributed by atoms with Crippen LogP contribution in [0.5, 0.6) is 0 Å². The number of rotatable bonds is 0. The number of amides is 1. The van der Waals surface area contributed by atoms with Gasteiger partial charge in [-0.2, -0.15) is 0 Å². The second kappa shape index (κ2) is 3.66. The highest BCUT2D eigenvalue weighted by molar-refractivity contribution is 5.89. The molecule has 0 unspecified atom stereocenters. The van der Waals surface area contributed by atoms with Gasteiger partial charge >= 0.3 is 6.09 Å². The second-order valence-corrected chi connectivity index (χ2v) is 2.74. The van der Waals surface area contributed by atoms with Gasteiger partial charge in [0.15, 0.2) is 0 Å². The zero-order chi connectivity index (χ0) is 8.55. The van der Waals surface area contributed by atoms with Crippen LogP contribution in [0.1, 0.15) is 5.56 Å². The highest BCUT2D eigenvalue weighted by atomic mass is 35.5. The Morgan fingerprint density at radius 3 is 2.85 bits per heavy atom. The van der Waals surface area contributed by atoms with Crippen LogP contribution >= 0.6 is 12.4 Å². The average molecular weight is 200 g/mol. The van der Waals surface area contributed by atoms with Gasteiger partial charge in [-0.25, -0.2) is 4.79 Å². The summed E-state index contributed by atoms with van der Waals surface area (Å²) < 4.78 is 4.90. The summed E-state index contributed by atoms with van der Waals surface area (Å²) in [6.45, 7) is 0.388. The van der Waals surface area contributed by atoms with Crippen LogP contribution in [0.15, 0.2) is 24.3 Å². The van der Waals surface area contributed by atoms with E-state index in [1.54, 1.807) is 7.05 Å². The number of fused-ring (bicyclic) bond motifs is 1. The van der Waals surface area contributed by atoms with Crippen molar-refractivity contribution in [2.45, 2.75) is 6.61 Å². The predicted octanol–water partition coefficient (Wildman–Crippen LogP) is 2.19. The highest BCUT2D eigenvalue weighted by Gasteiger charge is 2.20. The molecule has 70 valence electrons. The van der Waals surface area contributed by atoms with Gasteiger partial charge in [-0.05, 0) is 6.07 Å². The number of para-hydroxylation sites is 1. The number of halogens is 1. The zero-order valence-electron chi connectivity index (χ0n) is 7.19. The number of hydrogen-bond acceptors (Lipinski definition) is 2. The molecule has 1 aromatic rings. The van der Waals surface area contributed by atoms with E-state index >= 15 is 0 Å². The summed E-state index contributed by atoms with van der Waals surface area (Å²) in [6.07, 6.45) is -0.284. The minimum Gasteiger partial charge on any atom is -0.444 e. The van der Waals surface area contributed by atoms with Crippen LogP contribution in [0.4, 0.5) is 10.5 Å². The first-order valence-electron chi connectivity index (χ1n) is 3.77. The number of carbonyl (C=O) groups excluding carboxylic acids is 1. The van der Waals surface area contributed by atoms with E-state index < -0.39 is 0 Å². The smallest absolute Gasteiger partial charge is 0.414 e. The lowest BCUT2D eigenvalue weighted by atomic mass is 10.1. The standard InChI is InChI=1S/C9H9NO2.ClH/c1-10-8-5-3-2-4-7(8)6-12-9(10)11;/h2-5H,6H2,1H3;1H. The van der Waals surface area contributed by atoms with Gasteiger partial charge in [0, 0.05) is 12.6 Å². The molecule has 0 fully saturated rings. The molecule has 0 aliphatic carbocycles. The number of carbonyl (C=O) groups is 1. The number of cyclic esters (lactones) is 1. The lowest BCUT2D eigenvalue weighted by molar-refractivity contribution is 0.143. The summed E-state index contributed by atoms with van der Waals surface area (Å²) in [5, 5.41) is 0. The number of hydrogen-bond donors (Lipinski definition) is 0. The molecule has 13 heavy (non-hydrogen) atoms. The Labute approximate surface area is 82.7 Å². The summed E-state index contributed by atoms with van der Waals surface area (Å²) >= 11 is 0. The zero-order valence-corrected chi connectivity index (χ0v) is 8.00. The van der Waals surface area contributed by atoms with Crippen molar-refractivity contribution in [2.75, 3.05) is 11.9 Å². The van der Waals surface area contributed by atoms with Crippen molar-refractivity contribution < 1.29 is 9.53 Å². The fourth-order valence-electron chi connectivity index (χ4n) is 1.29. The van der Waals surface area contributed by atoms with Crippen LogP contribution in [0.25, 0.3) is 0 Å². The van der Waals surface area contributed by atoms with E-state index in [9.17, 15) is 4.79 Å². The van der Waals surface area contributed by atoms with E-state index in [-0.39, 0.29) is 18.5 Å². The van der Waals surface area contributed by atoms with Crippen molar-refractivity contribution in [3.63, 3.8) is 0 Å². The molecular formula is C9H10ClNO2. The molecule has 3 nitrogen and oxygen atoms in total. The highest BCUT2D eigenvalue weighted by Crippen LogP contribution is 2.24. The van der Waals surface area contributed by atoms with Gasteiger partial charge in [0.05, 0.1) is 5.69 Å². The van der Waals surface area contributed by atoms with Crippen molar-refractivity contribution in [3.8, 4) is 0 Å². The SMILES string of the molecule is CN1C(=O)OCc2ccccc21.Cl. The fraction of sp³-hybridized carbons (Fsp3) is 0.222. The summed E-state index contributed by atoms with van der Waals surface area (Å²) in [7, 11) is 1.71. The first-order valence-corrected chi connectivity index (χ1v) is 3.77. The van der Waals surface area contributed by atoms with Gasteiger partial charge in [-0.1, -0.05) is 18.2 Å². The van der Waals surface area contributed by atoms with Crippen molar-refractivity contribution in [1.82, 2.24) is 0 Å². The Balaban J connectivity index is 0.000000845. The van der Waals surface area contributed by atoms with Crippen molar-refractivity contribution in [1.29, 1.82) is 0 Å². The fourth-order valence-corrected chi connectivity index (χ4v) is 1.29. The predicted molar refractivity (Wildman–Crippen MR) is 52.3 cm³/mol. The lowest BCUT2D eigenvalue weighted by Gasteiger charge is -2.24. The minimum atomic E-state index is -0.284. The molecule has 1 aliphatic rings. The Hall–Kier alpha value is -1.22. The average Bonchev–Trinajstić information content (AvgIpc) is 2.12. The Morgan fingerprint density at radius 1 is 1.38 bits per heavy atom. The van der Waals surface area contributed by atoms with E-state index in [1.807, 2.05) is 24.3 Å². The first-order chi connectivity index (χ1) is 5.79. The number of anilines is 1. The molecule has 0 saturated carbocycles. The molecule has 0 bridgehead atoms. The van der Waals surface area contributed by atoms with Gasteiger partial charge in [0.1, 0.15) is 6.61 Å². The third-order valence-electron chi connectivity index (χ3n) is 1.98. The van der Waals surface area contributed by atoms with Crippen LogP contribution in [0.2, 0.25) is 0 Å². The Kier molecular flexibility index (Phi) is 2.78. The van der Waals surface area contributed by atoms with Gasteiger partial charge in [-0.15, -0.1) is 12.4 Å². The maximum absolute atomic E-state index is 11.1. The van der Waals surface area contributed by atoms with Crippen LogP contribution < -0.4 is 4.90 Å². The maximum atomic E-state index is 11.1. The van der Waals surface area contributed by atoms with Gasteiger partial charge < -0.3 is 4.74 Å². The van der Waals surface area contributed by atoms with Crippen molar-refractivity contribution in [2.24, 2.45) is 0 Å². The molecule has 2 rings (SSSR count). The minimum absolute atomic E-state index is 0. The molecule has 0 saturated heterocycles. The number of nitrogens with zero attached hydrogens (tertiary/aromatic N) is 1. The van der Waals surface area contributed by atoms with E-state index in [1.165, 1.54) is 4.90 Å². The Morgan fingerprint density at radius 2 is 2.08 bits per heavy atom. The molecule has 4 heteroatoms. The van der Waals surface area contributed by atoms with Crippen LogP contribution in [0.3, 0.4) is 0 Å². The molecule has 0 spiro atoms. The van der Waals surface area contributed by atoms with Gasteiger partial charge in [0.25, 0.3) is 0 Å². The number of benzene rings is 1. The summed E-state index contributed by atoms with van der Waals surface area (Å²) in [5.74, 6) is 0. The normalized spacial score (nSPS) is 14.2. The first kappa shape index (κ1) is 9.86. The largest absolute Gasteiger partial charge is 0.444 e. The van der Waals surface area contributed by atoms with Crippen LogP contribution in [-0.2, 0) is 11.3 Å². The summed E-state index contributed by atoms with van der Waals surface area (Å²) in [4.78, 5) is 12.6. The molecule has 1 amide bonds. The lowest BCUT2D eigenvalue weighted by Crippen LogP contribution is -2.31. The van der Waals surface area contributed by atoms with Crippen molar-refractivity contribution in [3.05, 3.63) is 29.8 Å². The quantitative estimate of drug-likeness (QED) is 0.641. The molecule has 0 radical (unpaired) electrons. The molecular weight excluding hydrogens is 190 g/mol. The van der Waals surface area contributed by atoms with E-state index in [0.717, 1.165) is 11.3 Å². The molecule has 0 N–H and O–H groups in total. The van der Waals surface area contributed by atoms with Crippen LogP contribution in [-0.4, -0.2) is 13.1 Å². The topological polar surface area (TPSA) is 29.5 Å². The molecule has 0 aromatic heterocycles. The van der Waals surface area contributed by atoms with E-state index in [4.69, 9.17) is 4.74 Å². The summed E-state index contributed by atoms with van der Waals surface area (Å²) in [6, 6.07) is 7.72. The van der Waals surface area contributed by atoms with E-state index in [0.29, 0.717) is 6.61 Å². The number of ether oxygens (including phenoxy) is 1. The third-order valence-corrected chi connectivity index (χ3v) is 1.98. The molecule has 1 aliphatic heterocycles. The monoisotopic (exact) mass is 199 g/mol. The van der Waals surface area contributed by atoms with Gasteiger partial charge in [-0.3, -0.25) is 4.90 Å². The molecule has 0 atom stereocenters. The van der Waals surface area contributed by atoms with Gasteiger partial charge in [0.2, 0.25) is 0 Å². The van der Waals surface area contributed by atoms with Crippen LogP contribution in [0, 0.1) is 0 Å². The molecule has 1 heterocycles. The van der Waals surface area contributed by atoms with Crippen molar-refractivity contribution >= 4 is 24.2 Å². The third kappa shape index (κ3) is 1.60. The second-order valence-electron chi connectivity index (χ2n) is 2.74. The Bertz CT molecular complexity index is 327. The summed E-state index contributed by atoms with van der Waals surface area (Å²) in [5.41, 5.74) is 1.99.